The molecule has 11 heteroatoms. The van der Waals surface area contributed by atoms with Crippen LogP contribution >= 0.6 is 23.1 Å². The van der Waals surface area contributed by atoms with Gasteiger partial charge in [0.1, 0.15) is 12.2 Å². The summed E-state index contributed by atoms with van der Waals surface area (Å²) in [6, 6.07) is 14.7. The zero-order chi connectivity index (χ0) is 26.2. The van der Waals surface area contributed by atoms with Gasteiger partial charge in [-0.25, -0.2) is 4.98 Å². The Labute approximate surface area is 219 Å². The Kier molecular flexibility index (Phi) is 7.09. The number of carbonyl (C=O) groups is 2. The number of thiazole rings is 1. The van der Waals surface area contributed by atoms with Crippen molar-refractivity contribution < 1.29 is 22.8 Å². The van der Waals surface area contributed by atoms with Crippen LogP contribution in [-0.2, 0) is 17.5 Å². The van der Waals surface area contributed by atoms with Crippen LogP contribution in [0.4, 0.5) is 13.2 Å². The first-order chi connectivity index (χ1) is 17.7. The predicted octanol–water partition coefficient (Wildman–Crippen LogP) is 6.16. The number of piperidine rings is 1. The lowest BCUT2D eigenvalue weighted by atomic mass is 9.97. The fourth-order valence-corrected chi connectivity index (χ4v) is 6.32. The molecule has 0 saturated carbocycles. The molecule has 4 aromatic rings. The minimum atomic E-state index is -4.54. The largest absolute Gasteiger partial charge is 0.435 e. The van der Waals surface area contributed by atoms with Crippen LogP contribution in [0, 0.1) is 6.92 Å². The first kappa shape index (κ1) is 25.5. The Balaban J connectivity index is 1.18. The molecule has 0 atom stereocenters. The monoisotopic (exact) mass is 544 g/mol. The van der Waals surface area contributed by atoms with Crippen LogP contribution in [0.5, 0.6) is 0 Å². The summed E-state index contributed by atoms with van der Waals surface area (Å²) in [5.41, 5.74) is -0.285. The van der Waals surface area contributed by atoms with E-state index in [0.717, 1.165) is 31.4 Å². The minimum absolute atomic E-state index is 0.112. The second-order valence-corrected chi connectivity index (χ2v) is 10.8. The van der Waals surface area contributed by atoms with Crippen LogP contribution in [0.15, 0.2) is 58.8 Å². The zero-order valence-corrected chi connectivity index (χ0v) is 21.5. The van der Waals surface area contributed by atoms with E-state index in [9.17, 15) is 22.8 Å². The minimum Gasteiger partial charge on any atom is -0.341 e. The van der Waals surface area contributed by atoms with Gasteiger partial charge in [0.05, 0.1) is 5.01 Å². The van der Waals surface area contributed by atoms with Crippen LogP contribution in [0.3, 0.4) is 0 Å². The maximum atomic E-state index is 12.9. The van der Waals surface area contributed by atoms with Crippen molar-refractivity contribution in [2.45, 2.75) is 43.3 Å². The summed E-state index contributed by atoms with van der Waals surface area (Å²) in [7, 11) is 0. The van der Waals surface area contributed by atoms with E-state index in [1.54, 1.807) is 10.3 Å². The van der Waals surface area contributed by atoms with Gasteiger partial charge in [-0.05, 0) is 54.4 Å². The summed E-state index contributed by atoms with van der Waals surface area (Å²) in [6.45, 7) is 2.22. The second-order valence-electron chi connectivity index (χ2n) is 8.92. The third-order valence-electron chi connectivity index (χ3n) is 6.44. The van der Waals surface area contributed by atoms with E-state index in [2.05, 4.69) is 10.1 Å². The van der Waals surface area contributed by atoms with E-state index in [4.69, 9.17) is 0 Å². The quantitative estimate of drug-likeness (QED) is 0.282. The number of nitrogens with zero attached hydrogens (tertiary/aromatic N) is 4. The molecule has 2 aromatic heterocycles. The van der Waals surface area contributed by atoms with Crippen molar-refractivity contribution >= 4 is 44.9 Å². The molecule has 0 radical (unpaired) electrons. The Morgan fingerprint density at radius 3 is 2.57 bits per heavy atom. The van der Waals surface area contributed by atoms with Gasteiger partial charge in [-0.1, -0.05) is 36.4 Å². The number of alkyl halides is 3. The summed E-state index contributed by atoms with van der Waals surface area (Å²) in [5, 5.41) is 8.18. The average Bonchev–Trinajstić information content (AvgIpc) is 3.52. The van der Waals surface area contributed by atoms with E-state index in [1.807, 2.05) is 42.5 Å². The number of aryl methyl sites for hydroxylation is 1. The molecule has 0 bridgehead atoms. The number of amides is 1. The molecule has 2 aromatic carbocycles. The van der Waals surface area contributed by atoms with Gasteiger partial charge in [-0.3, -0.25) is 14.3 Å². The topological polar surface area (TPSA) is 68.1 Å². The van der Waals surface area contributed by atoms with Crippen LogP contribution in [0.1, 0.15) is 45.6 Å². The number of benzene rings is 2. The van der Waals surface area contributed by atoms with Crippen molar-refractivity contribution in [3.05, 3.63) is 76.0 Å². The molecule has 0 unspecified atom stereocenters. The van der Waals surface area contributed by atoms with E-state index < -0.39 is 11.9 Å². The highest BCUT2D eigenvalue weighted by Crippen LogP contribution is 2.34. The zero-order valence-electron chi connectivity index (χ0n) is 19.9. The smallest absolute Gasteiger partial charge is 0.341 e. The van der Waals surface area contributed by atoms with Gasteiger partial charge in [0.2, 0.25) is 11.0 Å². The summed E-state index contributed by atoms with van der Waals surface area (Å²) >= 11 is 2.62. The third-order valence-corrected chi connectivity index (χ3v) is 8.41. The normalized spacial score (nSPS) is 14.9. The molecule has 3 heterocycles. The maximum Gasteiger partial charge on any atom is 0.435 e. The number of thioether (sulfide) groups is 1. The number of halogens is 3. The van der Waals surface area contributed by atoms with Crippen LogP contribution in [0.25, 0.3) is 10.8 Å². The Morgan fingerprint density at radius 2 is 1.84 bits per heavy atom. The molecule has 0 aliphatic carbocycles. The highest BCUT2D eigenvalue weighted by molar-refractivity contribution is 8.14. The maximum absolute atomic E-state index is 12.9. The molecule has 192 valence electrons. The molecular weight excluding hydrogens is 521 g/mol. The molecule has 0 N–H and O–H groups in total. The fourth-order valence-electron chi connectivity index (χ4n) is 4.42. The molecule has 1 amide bonds. The first-order valence-corrected chi connectivity index (χ1v) is 13.4. The van der Waals surface area contributed by atoms with Crippen molar-refractivity contribution in [3.8, 4) is 0 Å². The summed E-state index contributed by atoms with van der Waals surface area (Å²) < 4.78 is 39.8. The molecule has 5 rings (SSSR count). The average molecular weight is 545 g/mol. The SMILES string of the molecule is Cc1cc(C(F)(F)F)nn1CC(=O)N1CCC(c2nc(C(=O)Sc3cccc4ccccc34)cs2)CC1. The van der Waals surface area contributed by atoms with Gasteiger partial charge in [-0.15, -0.1) is 11.3 Å². The van der Waals surface area contributed by atoms with E-state index >= 15 is 0 Å². The number of carbonyl (C=O) groups excluding carboxylic acids is 2. The van der Waals surface area contributed by atoms with Gasteiger partial charge in [0.15, 0.2) is 5.69 Å². The molecule has 0 spiro atoms. The van der Waals surface area contributed by atoms with Gasteiger partial charge in [-0.2, -0.15) is 18.3 Å². The lowest BCUT2D eigenvalue weighted by molar-refractivity contribution is -0.142. The number of rotatable bonds is 5. The van der Waals surface area contributed by atoms with Crippen molar-refractivity contribution in [1.29, 1.82) is 0 Å². The van der Waals surface area contributed by atoms with E-state index in [-0.39, 0.29) is 29.2 Å². The van der Waals surface area contributed by atoms with Gasteiger partial charge in [0.25, 0.3) is 0 Å². The number of likely N-dealkylation sites (tertiary alicyclic amines) is 1. The van der Waals surface area contributed by atoms with Crippen molar-refractivity contribution in [1.82, 2.24) is 19.7 Å². The van der Waals surface area contributed by atoms with E-state index in [1.165, 1.54) is 30.0 Å². The molecule has 1 saturated heterocycles. The Morgan fingerprint density at radius 1 is 1.11 bits per heavy atom. The lowest BCUT2D eigenvalue weighted by Crippen LogP contribution is -2.40. The Bertz CT molecular complexity index is 1450. The van der Waals surface area contributed by atoms with Gasteiger partial charge in [0, 0.05) is 35.0 Å². The highest BCUT2D eigenvalue weighted by atomic mass is 32.2. The van der Waals surface area contributed by atoms with Crippen molar-refractivity contribution in [3.63, 3.8) is 0 Å². The number of hydrogen-bond acceptors (Lipinski definition) is 6. The van der Waals surface area contributed by atoms with Gasteiger partial charge >= 0.3 is 6.18 Å². The number of hydrogen-bond donors (Lipinski definition) is 0. The number of fused-ring (bicyclic) bond motifs is 1. The van der Waals surface area contributed by atoms with Crippen LogP contribution in [0.2, 0.25) is 0 Å². The molecule has 1 fully saturated rings. The van der Waals surface area contributed by atoms with Crippen LogP contribution < -0.4 is 0 Å². The second kappa shape index (κ2) is 10.3. The summed E-state index contributed by atoms with van der Waals surface area (Å²) in [4.78, 5) is 32.8. The molecular formula is C26H23F3N4O2S2. The predicted molar refractivity (Wildman–Crippen MR) is 137 cm³/mol. The number of aromatic nitrogens is 3. The van der Waals surface area contributed by atoms with E-state index in [0.29, 0.717) is 31.6 Å². The molecule has 37 heavy (non-hydrogen) atoms. The fraction of sp³-hybridized carbons (Fsp3) is 0.308. The highest BCUT2D eigenvalue weighted by Gasteiger charge is 2.35. The molecule has 1 aliphatic rings. The van der Waals surface area contributed by atoms with Crippen LogP contribution in [-0.4, -0.2) is 43.8 Å². The third kappa shape index (κ3) is 5.57. The first-order valence-electron chi connectivity index (χ1n) is 11.7. The molecule has 1 aliphatic heterocycles. The Hall–Kier alpha value is -3.18. The van der Waals surface area contributed by atoms with Gasteiger partial charge < -0.3 is 4.90 Å². The summed E-state index contributed by atoms with van der Waals surface area (Å²) in [6.07, 6.45) is -3.19. The standard InChI is InChI=1S/C26H23F3N4O2S2/c1-16-13-22(26(27,28)29)31-33(16)14-23(34)32-11-9-18(10-12-32)24-30-20(15-36-24)25(35)37-21-8-4-6-17-5-2-3-7-19(17)21/h2-8,13,15,18H,9-12,14H2,1H3. The molecule has 6 nitrogen and oxygen atoms in total. The van der Waals surface area contributed by atoms with Crippen molar-refractivity contribution in [2.75, 3.05) is 13.1 Å². The summed E-state index contributed by atoms with van der Waals surface area (Å²) in [5.74, 6) is -0.138. The van der Waals surface area contributed by atoms with Crippen molar-refractivity contribution in [2.24, 2.45) is 0 Å². The lowest BCUT2D eigenvalue weighted by Gasteiger charge is -2.31.